The molecule has 0 spiro atoms. The second kappa shape index (κ2) is 5.95. The Morgan fingerprint density at radius 2 is 2.16 bits per heavy atom. The van der Waals surface area contributed by atoms with Crippen LogP contribution in [0.5, 0.6) is 0 Å². The van der Waals surface area contributed by atoms with E-state index in [9.17, 15) is 4.79 Å². The van der Waals surface area contributed by atoms with Crippen molar-refractivity contribution < 1.29 is 4.79 Å². The highest BCUT2D eigenvalue weighted by molar-refractivity contribution is 5.92. The number of rotatable bonds is 4. The van der Waals surface area contributed by atoms with Crippen LogP contribution < -0.4 is 5.43 Å². The average molecular weight is 256 g/mol. The zero-order valence-corrected chi connectivity index (χ0v) is 10.9. The fraction of sp³-hybridized carbons (Fsp3) is 0.214. The Morgan fingerprint density at radius 3 is 2.79 bits per heavy atom. The van der Waals surface area contributed by atoms with Crippen molar-refractivity contribution in [3.8, 4) is 0 Å². The van der Waals surface area contributed by atoms with Crippen molar-refractivity contribution in [1.82, 2.24) is 15.6 Å². The van der Waals surface area contributed by atoms with Gasteiger partial charge in [0, 0.05) is 17.8 Å². The summed E-state index contributed by atoms with van der Waals surface area (Å²) in [6, 6.07) is 11.6. The molecule has 1 aromatic carbocycles. The Labute approximate surface area is 111 Å². The smallest absolute Gasteiger partial charge is 0.282 e. The first-order valence-electron chi connectivity index (χ1n) is 6.07. The molecule has 0 radical (unpaired) electrons. The minimum absolute atomic E-state index is 0.141. The molecular formula is C14H16N4O. The van der Waals surface area contributed by atoms with E-state index in [2.05, 4.69) is 20.7 Å². The fourth-order valence-electron chi connectivity index (χ4n) is 1.64. The third-order valence-electron chi connectivity index (χ3n) is 2.73. The van der Waals surface area contributed by atoms with E-state index in [1.165, 1.54) is 0 Å². The molecule has 1 unspecified atom stereocenters. The van der Waals surface area contributed by atoms with E-state index in [-0.39, 0.29) is 11.8 Å². The minimum atomic E-state index is -0.319. The number of nitrogens with zero attached hydrogens (tertiary/aromatic N) is 2. The van der Waals surface area contributed by atoms with Gasteiger partial charge in [0.25, 0.3) is 5.91 Å². The summed E-state index contributed by atoms with van der Waals surface area (Å²) in [6.45, 7) is 3.86. The third kappa shape index (κ3) is 3.51. The van der Waals surface area contributed by atoms with Crippen LogP contribution in [-0.2, 0) is 0 Å². The van der Waals surface area contributed by atoms with Gasteiger partial charge in [-0.1, -0.05) is 37.3 Å². The van der Waals surface area contributed by atoms with Gasteiger partial charge in [0.15, 0.2) is 5.69 Å². The fourth-order valence-corrected chi connectivity index (χ4v) is 1.64. The quantitative estimate of drug-likeness (QED) is 0.650. The van der Waals surface area contributed by atoms with Crippen LogP contribution in [0, 0.1) is 6.92 Å². The van der Waals surface area contributed by atoms with E-state index in [1.807, 2.05) is 44.2 Å². The maximum atomic E-state index is 11.7. The first-order valence-corrected chi connectivity index (χ1v) is 6.07. The molecule has 98 valence electrons. The molecule has 0 saturated heterocycles. The molecule has 1 aromatic heterocycles. The topological polar surface area (TPSA) is 70.1 Å². The molecule has 0 fully saturated rings. The van der Waals surface area contributed by atoms with Gasteiger partial charge < -0.3 is 0 Å². The molecule has 0 saturated carbocycles. The molecule has 1 atom stereocenters. The van der Waals surface area contributed by atoms with Crippen molar-refractivity contribution in [2.24, 2.45) is 5.10 Å². The zero-order valence-electron chi connectivity index (χ0n) is 10.9. The lowest BCUT2D eigenvalue weighted by Gasteiger charge is -2.04. The summed E-state index contributed by atoms with van der Waals surface area (Å²) in [6.07, 6.45) is 1.70. The van der Waals surface area contributed by atoms with Crippen LogP contribution in [0.1, 0.15) is 34.6 Å². The van der Waals surface area contributed by atoms with Gasteiger partial charge in [-0.15, -0.1) is 0 Å². The molecule has 2 aromatic rings. The van der Waals surface area contributed by atoms with E-state index < -0.39 is 0 Å². The number of nitrogens with one attached hydrogen (secondary N) is 2. The molecule has 19 heavy (non-hydrogen) atoms. The van der Waals surface area contributed by atoms with Crippen LogP contribution in [0.2, 0.25) is 0 Å². The summed E-state index contributed by atoms with van der Waals surface area (Å²) in [5.41, 5.74) is 4.78. The van der Waals surface area contributed by atoms with Crippen molar-refractivity contribution in [3.05, 3.63) is 53.3 Å². The molecular weight excluding hydrogens is 240 g/mol. The summed E-state index contributed by atoms with van der Waals surface area (Å²) >= 11 is 0. The van der Waals surface area contributed by atoms with Crippen molar-refractivity contribution in [3.63, 3.8) is 0 Å². The number of aryl methyl sites for hydroxylation is 1. The SMILES string of the molecule is Cc1cc(C(=O)N/N=C/C(C)c2ccccc2)n[nH]1. The highest BCUT2D eigenvalue weighted by atomic mass is 16.2. The molecule has 1 heterocycles. The molecule has 1 amide bonds. The van der Waals surface area contributed by atoms with Gasteiger partial charge in [-0.05, 0) is 18.6 Å². The Morgan fingerprint density at radius 1 is 1.42 bits per heavy atom. The molecule has 0 aliphatic heterocycles. The van der Waals surface area contributed by atoms with E-state index >= 15 is 0 Å². The van der Waals surface area contributed by atoms with Crippen LogP contribution in [-0.4, -0.2) is 22.3 Å². The Hall–Kier alpha value is -2.43. The van der Waals surface area contributed by atoms with E-state index in [4.69, 9.17) is 0 Å². The summed E-state index contributed by atoms with van der Waals surface area (Å²) in [7, 11) is 0. The van der Waals surface area contributed by atoms with Gasteiger partial charge in [0.05, 0.1) is 0 Å². The number of carbonyl (C=O) groups is 1. The highest BCUT2D eigenvalue weighted by Gasteiger charge is 2.07. The van der Waals surface area contributed by atoms with Crippen molar-refractivity contribution in [2.75, 3.05) is 0 Å². The number of hydrogen-bond acceptors (Lipinski definition) is 3. The highest BCUT2D eigenvalue weighted by Crippen LogP contribution is 2.11. The Kier molecular flexibility index (Phi) is 4.07. The van der Waals surface area contributed by atoms with Gasteiger partial charge in [0.2, 0.25) is 0 Å². The van der Waals surface area contributed by atoms with Crippen molar-refractivity contribution in [1.29, 1.82) is 0 Å². The van der Waals surface area contributed by atoms with Crippen LogP contribution in [0.3, 0.4) is 0 Å². The third-order valence-corrected chi connectivity index (χ3v) is 2.73. The van der Waals surface area contributed by atoms with Crippen LogP contribution in [0.4, 0.5) is 0 Å². The number of hydrogen-bond donors (Lipinski definition) is 2. The number of aromatic nitrogens is 2. The molecule has 2 N–H and O–H groups in total. The number of aromatic amines is 1. The first kappa shape index (κ1) is 13.0. The maximum absolute atomic E-state index is 11.7. The van der Waals surface area contributed by atoms with Crippen LogP contribution in [0.25, 0.3) is 0 Å². The number of benzene rings is 1. The van der Waals surface area contributed by atoms with E-state index in [0.29, 0.717) is 5.69 Å². The minimum Gasteiger partial charge on any atom is -0.282 e. The summed E-state index contributed by atoms with van der Waals surface area (Å²) in [4.78, 5) is 11.7. The lowest BCUT2D eigenvalue weighted by Crippen LogP contribution is -2.18. The normalized spacial score (nSPS) is 12.5. The van der Waals surface area contributed by atoms with Gasteiger partial charge in [-0.25, -0.2) is 5.43 Å². The van der Waals surface area contributed by atoms with Crippen molar-refractivity contribution >= 4 is 12.1 Å². The number of amides is 1. The van der Waals surface area contributed by atoms with Crippen molar-refractivity contribution in [2.45, 2.75) is 19.8 Å². The lowest BCUT2D eigenvalue weighted by atomic mass is 10.0. The number of hydrazone groups is 1. The summed E-state index contributed by atoms with van der Waals surface area (Å²) < 4.78 is 0. The van der Waals surface area contributed by atoms with Crippen LogP contribution in [0.15, 0.2) is 41.5 Å². The lowest BCUT2D eigenvalue weighted by molar-refractivity contribution is 0.0950. The zero-order chi connectivity index (χ0) is 13.7. The molecule has 0 bridgehead atoms. The van der Waals surface area contributed by atoms with E-state index in [1.54, 1.807) is 12.3 Å². The summed E-state index contributed by atoms with van der Waals surface area (Å²) in [5.74, 6) is -0.178. The van der Waals surface area contributed by atoms with Gasteiger partial charge in [0.1, 0.15) is 0 Å². The number of carbonyl (C=O) groups excluding carboxylic acids is 1. The predicted molar refractivity (Wildman–Crippen MR) is 74.1 cm³/mol. The standard InChI is InChI=1S/C14H16N4O/c1-10(12-6-4-3-5-7-12)9-15-18-14(19)13-8-11(2)16-17-13/h3-10H,1-2H3,(H,16,17)(H,18,19)/b15-9+. The molecule has 0 aliphatic carbocycles. The van der Waals surface area contributed by atoms with Gasteiger partial charge >= 0.3 is 0 Å². The molecule has 5 nitrogen and oxygen atoms in total. The summed E-state index contributed by atoms with van der Waals surface area (Å²) in [5, 5.41) is 10.5. The van der Waals surface area contributed by atoms with Gasteiger partial charge in [-0.3, -0.25) is 9.89 Å². The molecule has 5 heteroatoms. The second-order valence-corrected chi connectivity index (χ2v) is 4.35. The van der Waals surface area contributed by atoms with Gasteiger partial charge in [-0.2, -0.15) is 10.2 Å². The maximum Gasteiger partial charge on any atom is 0.291 e. The van der Waals surface area contributed by atoms with E-state index in [0.717, 1.165) is 11.3 Å². The monoisotopic (exact) mass is 256 g/mol. The molecule has 0 aliphatic rings. The van der Waals surface area contributed by atoms with Crippen LogP contribution >= 0.6 is 0 Å². The second-order valence-electron chi connectivity index (χ2n) is 4.35. The average Bonchev–Trinajstić information content (AvgIpc) is 2.86. The Bertz CT molecular complexity index is 574. The first-order chi connectivity index (χ1) is 9.16. The Balaban J connectivity index is 1.92. The predicted octanol–water partition coefficient (Wildman–Crippen LogP) is 2.24. The number of H-pyrrole nitrogens is 1. The largest absolute Gasteiger partial charge is 0.291 e. The molecule has 2 rings (SSSR count).